The van der Waals surface area contributed by atoms with E-state index in [1.165, 1.54) is 11.8 Å². The van der Waals surface area contributed by atoms with E-state index in [0.29, 0.717) is 11.5 Å². The maximum Gasteiger partial charge on any atom is 0.182 e. The van der Waals surface area contributed by atoms with E-state index in [9.17, 15) is 0 Å². The summed E-state index contributed by atoms with van der Waals surface area (Å²) < 4.78 is 1.91. The van der Waals surface area contributed by atoms with Crippen molar-refractivity contribution in [2.45, 2.75) is 19.8 Å². The predicted molar refractivity (Wildman–Crippen MR) is 91.9 cm³/mol. The van der Waals surface area contributed by atoms with Crippen LogP contribution in [-0.4, -0.2) is 26.3 Å². The van der Waals surface area contributed by atoms with Crippen LogP contribution in [0.1, 0.15) is 23.4 Å². The van der Waals surface area contributed by atoms with Crippen molar-refractivity contribution in [3.05, 3.63) is 65.9 Å². The van der Waals surface area contributed by atoms with Gasteiger partial charge in [0.2, 0.25) is 0 Å². The van der Waals surface area contributed by atoms with Gasteiger partial charge in [0, 0.05) is 25.1 Å². The van der Waals surface area contributed by atoms with E-state index in [0.717, 1.165) is 30.8 Å². The predicted octanol–water partition coefficient (Wildman–Crippen LogP) is 2.89. The van der Waals surface area contributed by atoms with Crippen LogP contribution in [0.2, 0.25) is 0 Å². The van der Waals surface area contributed by atoms with Gasteiger partial charge in [-0.05, 0) is 37.5 Å². The quantitative estimate of drug-likeness (QED) is 0.707. The third kappa shape index (κ3) is 3.58. The number of nitrogens with one attached hydrogen (secondary N) is 1. The maximum absolute atomic E-state index is 9.00. The average Bonchev–Trinajstić information content (AvgIpc) is 3.00. The lowest BCUT2D eigenvalue weighted by Gasteiger charge is -2.05. The molecule has 120 valence electrons. The van der Waals surface area contributed by atoms with Crippen molar-refractivity contribution in [1.82, 2.24) is 19.7 Å². The highest BCUT2D eigenvalue weighted by molar-refractivity contribution is 5.46. The third-order valence-corrected chi connectivity index (χ3v) is 3.74. The molecule has 6 nitrogen and oxygen atoms in total. The van der Waals surface area contributed by atoms with Gasteiger partial charge >= 0.3 is 0 Å². The molecule has 0 atom stereocenters. The summed E-state index contributed by atoms with van der Waals surface area (Å²) in [5.41, 5.74) is 3.64. The number of aryl methyl sites for hydroxylation is 2. The van der Waals surface area contributed by atoms with Crippen LogP contribution in [0.4, 0.5) is 5.82 Å². The lowest BCUT2D eigenvalue weighted by atomic mass is 10.1. The minimum Gasteiger partial charge on any atom is -0.368 e. The summed E-state index contributed by atoms with van der Waals surface area (Å²) in [5, 5.41) is 16.7. The first-order chi connectivity index (χ1) is 11.8. The summed E-state index contributed by atoms with van der Waals surface area (Å²) in [6, 6.07) is 12.1. The van der Waals surface area contributed by atoms with Crippen molar-refractivity contribution in [3.63, 3.8) is 0 Å². The average molecular weight is 318 g/mol. The number of anilines is 1. The molecule has 0 radical (unpaired) electrons. The maximum atomic E-state index is 9.00. The van der Waals surface area contributed by atoms with Crippen LogP contribution < -0.4 is 5.32 Å². The van der Waals surface area contributed by atoms with Gasteiger partial charge in [-0.25, -0.2) is 14.6 Å². The van der Waals surface area contributed by atoms with E-state index in [4.69, 9.17) is 5.26 Å². The summed E-state index contributed by atoms with van der Waals surface area (Å²) in [6.45, 7) is 2.75. The molecule has 3 aromatic rings. The van der Waals surface area contributed by atoms with Crippen molar-refractivity contribution in [3.8, 4) is 11.8 Å². The minimum absolute atomic E-state index is 0.325. The summed E-state index contributed by atoms with van der Waals surface area (Å²) in [5.74, 6) is 0.539. The Labute approximate surface area is 140 Å². The van der Waals surface area contributed by atoms with E-state index in [2.05, 4.69) is 26.6 Å². The number of para-hydroxylation sites is 1. The smallest absolute Gasteiger partial charge is 0.182 e. The van der Waals surface area contributed by atoms with Gasteiger partial charge in [-0.2, -0.15) is 10.4 Å². The molecule has 24 heavy (non-hydrogen) atoms. The topological polar surface area (TPSA) is 79.4 Å². The van der Waals surface area contributed by atoms with Gasteiger partial charge in [-0.3, -0.25) is 0 Å². The molecular formula is C18H18N6. The van der Waals surface area contributed by atoms with E-state index in [1.807, 2.05) is 48.0 Å². The van der Waals surface area contributed by atoms with E-state index < -0.39 is 0 Å². The highest BCUT2D eigenvalue weighted by atomic mass is 15.3. The van der Waals surface area contributed by atoms with Crippen molar-refractivity contribution >= 4 is 5.82 Å². The van der Waals surface area contributed by atoms with Crippen LogP contribution in [0.25, 0.3) is 5.69 Å². The zero-order chi connectivity index (χ0) is 16.8. The minimum atomic E-state index is 0.325. The molecule has 0 bridgehead atoms. The summed E-state index contributed by atoms with van der Waals surface area (Å²) in [4.78, 5) is 8.13. The Morgan fingerprint density at radius 1 is 1.17 bits per heavy atom. The molecule has 0 saturated heterocycles. The number of benzene rings is 1. The first-order valence-electron chi connectivity index (χ1n) is 7.83. The van der Waals surface area contributed by atoms with Crippen LogP contribution in [0.3, 0.4) is 0 Å². The van der Waals surface area contributed by atoms with Crippen LogP contribution in [0.5, 0.6) is 0 Å². The van der Waals surface area contributed by atoms with Gasteiger partial charge in [0.1, 0.15) is 6.07 Å². The van der Waals surface area contributed by atoms with E-state index in [1.54, 1.807) is 6.20 Å². The van der Waals surface area contributed by atoms with Crippen LogP contribution in [-0.2, 0) is 6.42 Å². The zero-order valence-electron chi connectivity index (χ0n) is 13.5. The van der Waals surface area contributed by atoms with E-state index >= 15 is 0 Å². The number of nitrogens with zero attached hydrogens (tertiary/aromatic N) is 5. The molecule has 0 aliphatic carbocycles. The molecule has 0 unspecified atom stereocenters. The second-order valence-electron chi connectivity index (χ2n) is 5.42. The second kappa shape index (κ2) is 7.38. The highest BCUT2D eigenvalue weighted by Gasteiger charge is 2.07. The highest BCUT2D eigenvalue weighted by Crippen LogP contribution is 2.14. The fourth-order valence-electron chi connectivity index (χ4n) is 2.49. The molecule has 2 aromatic heterocycles. The number of rotatable bonds is 6. The van der Waals surface area contributed by atoms with Gasteiger partial charge in [-0.1, -0.05) is 18.2 Å². The molecule has 0 amide bonds. The third-order valence-electron chi connectivity index (χ3n) is 3.74. The molecule has 0 fully saturated rings. The van der Waals surface area contributed by atoms with Gasteiger partial charge in [-0.15, -0.1) is 0 Å². The van der Waals surface area contributed by atoms with Crippen LogP contribution >= 0.6 is 0 Å². The first-order valence-corrected chi connectivity index (χ1v) is 7.83. The zero-order valence-corrected chi connectivity index (χ0v) is 13.5. The Morgan fingerprint density at radius 3 is 2.75 bits per heavy atom. The Bertz CT molecular complexity index is 847. The normalized spacial score (nSPS) is 10.3. The Kier molecular flexibility index (Phi) is 4.82. The van der Waals surface area contributed by atoms with Gasteiger partial charge in [0.05, 0.1) is 11.4 Å². The Balaban J connectivity index is 1.58. The summed E-state index contributed by atoms with van der Waals surface area (Å²) >= 11 is 0. The molecule has 0 aliphatic rings. The fraction of sp³-hybridized carbons (Fsp3) is 0.222. The number of aromatic nitrogens is 4. The summed E-state index contributed by atoms with van der Waals surface area (Å²) in [7, 11) is 0. The number of nitriles is 1. The van der Waals surface area contributed by atoms with Gasteiger partial charge in [0.25, 0.3) is 0 Å². The molecule has 3 rings (SSSR count). The SMILES string of the molecule is Cc1nn(-c2ccccc2)cc1CCCNc1nccnc1C#N. The van der Waals surface area contributed by atoms with Gasteiger partial charge < -0.3 is 5.32 Å². The lowest BCUT2D eigenvalue weighted by molar-refractivity contribution is 0.851. The largest absolute Gasteiger partial charge is 0.368 e. The van der Waals surface area contributed by atoms with Crippen molar-refractivity contribution in [1.29, 1.82) is 5.26 Å². The molecule has 2 heterocycles. The Hall–Kier alpha value is -3.20. The molecule has 1 aromatic carbocycles. The van der Waals surface area contributed by atoms with Crippen molar-refractivity contribution < 1.29 is 0 Å². The molecule has 1 N–H and O–H groups in total. The lowest BCUT2D eigenvalue weighted by Crippen LogP contribution is -2.07. The Morgan fingerprint density at radius 2 is 1.96 bits per heavy atom. The first kappa shape index (κ1) is 15.7. The standard InChI is InChI=1S/C18H18N6/c1-14-15(13-24(23-14)16-7-3-2-4-8-16)6-5-9-21-18-17(12-19)20-10-11-22-18/h2-4,7-8,10-11,13H,5-6,9H2,1H3,(H,21,22). The van der Waals surface area contributed by atoms with Gasteiger partial charge in [0.15, 0.2) is 11.5 Å². The molecular weight excluding hydrogens is 300 g/mol. The molecule has 0 saturated carbocycles. The monoisotopic (exact) mass is 318 g/mol. The number of hydrogen-bond acceptors (Lipinski definition) is 5. The molecule has 0 spiro atoms. The summed E-state index contributed by atoms with van der Waals surface area (Å²) in [6.07, 6.45) is 7.01. The van der Waals surface area contributed by atoms with Crippen LogP contribution in [0.15, 0.2) is 48.9 Å². The van der Waals surface area contributed by atoms with Crippen LogP contribution in [0, 0.1) is 18.3 Å². The van der Waals surface area contributed by atoms with Crippen molar-refractivity contribution in [2.24, 2.45) is 0 Å². The second-order valence-corrected chi connectivity index (χ2v) is 5.42. The fourth-order valence-corrected chi connectivity index (χ4v) is 2.49. The van der Waals surface area contributed by atoms with Crippen molar-refractivity contribution in [2.75, 3.05) is 11.9 Å². The van der Waals surface area contributed by atoms with E-state index in [-0.39, 0.29) is 0 Å². The molecule has 6 heteroatoms. The number of hydrogen-bond donors (Lipinski definition) is 1. The molecule has 0 aliphatic heterocycles.